The van der Waals surface area contributed by atoms with Gasteiger partial charge in [0.25, 0.3) is 11.5 Å². The van der Waals surface area contributed by atoms with Gasteiger partial charge in [-0.3, -0.25) is 19.5 Å². The molecule has 1 aromatic carbocycles. The number of pyridine rings is 2. The van der Waals surface area contributed by atoms with Crippen molar-refractivity contribution in [3.8, 4) is 0 Å². The number of amides is 1. The van der Waals surface area contributed by atoms with Crippen LogP contribution in [0.5, 0.6) is 0 Å². The maximum atomic E-state index is 14.1. The van der Waals surface area contributed by atoms with Crippen molar-refractivity contribution in [1.29, 1.82) is 0 Å². The molecule has 3 heterocycles. The van der Waals surface area contributed by atoms with Crippen LogP contribution < -0.4 is 10.9 Å². The average molecular weight is 380 g/mol. The minimum atomic E-state index is -0.567. The number of rotatable bonds is 4. The Labute approximate surface area is 157 Å². The van der Waals surface area contributed by atoms with E-state index in [4.69, 9.17) is 0 Å². The first-order valence-electron chi connectivity index (χ1n) is 8.06. The van der Waals surface area contributed by atoms with Crippen LogP contribution in [0.4, 0.5) is 9.52 Å². The number of hydrogen-bond donors (Lipinski definition) is 1. The van der Waals surface area contributed by atoms with Crippen LogP contribution in [0, 0.1) is 5.82 Å². The molecule has 0 bridgehead atoms. The Kier molecular flexibility index (Phi) is 4.47. The first-order chi connectivity index (χ1) is 13.1. The fourth-order valence-corrected chi connectivity index (χ4v) is 3.29. The summed E-state index contributed by atoms with van der Waals surface area (Å²) in [7, 11) is 0. The molecular weight excluding hydrogens is 367 g/mol. The second kappa shape index (κ2) is 7.08. The maximum Gasteiger partial charge on any atom is 0.265 e. The number of fused-ring (bicyclic) bond motifs is 1. The molecule has 1 amide bonds. The summed E-state index contributed by atoms with van der Waals surface area (Å²) in [5, 5.41) is 5.33. The minimum absolute atomic E-state index is 0.0304. The van der Waals surface area contributed by atoms with Gasteiger partial charge in [-0.2, -0.15) is 0 Å². The third-order valence-electron chi connectivity index (χ3n) is 4.03. The molecular formula is C19H13FN4O2S. The highest BCUT2D eigenvalue weighted by Crippen LogP contribution is 2.16. The number of hydrogen-bond acceptors (Lipinski definition) is 5. The van der Waals surface area contributed by atoms with Crippen LogP contribution >= 0.6 is 11.3 Å². The Morgan fingerprint density at radius 3 is 2.78 bits per heavy atom. The summed E-state index contributed by atoms with van der Waals surface area (Å²) < 4.78 is 15.4. The largest absolute Gasteiger partial charge is 0.298 e. The topological polar surface area (TPSA) is 76.9 Å². The number of benzene rings is 1. The molecule has 8 heteroatoms. The lowest BCUT2D eigenvalue weighted by molar-refractivity contribution is 0.102. The van der Waals surface area contributed by atoms with E-state index in [1.807, 2.05) is 0 Å². The van der Waals surface area contributed by atoms with E-state index >= 15 is 0 Å². The molecule has 0 fully saturated rings. The molecule has 0 unspecified atom stereocenters. The average Bonchev–Trinajstić information content (AvgIpc) is 3.18. The summed E-state index contributed by atoms with van der Waals surface area (Å²) in [5.41, 5.74) is 0.126. The molecule has 0 aliphatic rings. The molecule has 0 radical (unpaired) electrons. The van der Waals surface area contributed by atoms with Gasteiger partial charge in [0.05, 0.1) is 6.54 Å². The van der Waals surface area contributed by atoms with Gasteiger partial charge < -0.3 is 0 Å². The van der Waals surface area contributed by atoms with Crippen molar-refractivity contribution in [3.05, 3.63) is 87.5 Å². The highest BCUT2D eigenvalue weighted by Gasteiger charge is 2.18. The van der Waals surface area contributed by atoms with Crippen LogP contribution in [0.25, 0.3) is 11.0 Å². The molecule has 0 aliphatic carbocycles. The lowest BCUT2D eigenvalue weighted by Gasteiger charge is -2.12. The molecule has 0 saturated carbocycles. The zero-order chi connectivity index (χ0) is 18.8. The fraction of sp³-hybridized carbons (Fsp3) is 0.0526. The number of anilines is 1. The second-order valence-electron chi connectivity index (χ2n) is 5.75. The SMILES string of the molecule is O=C(Nc1nccs1)c1cc2cccnc2n(Cc2ccccc2F)c1=O. The van der Waals surface area contributed by atoms with E-state index in [1.54, 1.807) is 48.1 Å². The number of carbonyl (C=O) groups excluding carboxylic acids is 1. The van der Waals surface area contributed by atoms with E-state index in [0.29, 0.717) is 21.7 Å². The lowest BCUT2D eigenvalue weighted by Crippen LogP contribution is -2.30. The Bertz CT molecular complexity index is 1190. The van der Waals surface area contributed by atoms with E-state index in [0.717, 1.165) is 0 Å². The highest BCUT2D eigenvalue weighted by molar-refractivity contribution is 7.13. The van der Waals surface area contributed by atoms with Gasteiger partial charge in [0, 0.05) is 28.7 Å². The van der Waals surface area contributed by atoms with Crippen LogP contribution in [0.2, 0.25) is 0 Å². The van der Waals surface area contributed by atoms with Gasteiger partial charge in [-0.25, -0.2) is 14.4 Å². The molecule has 134 valence electrons. The van der Waals surface area contributed by atoms with E-state index < -0.39 is 17.3 Å². The van der Waals surface area contributed by atoms with Gasteiger partial charge in [-0.15, -0.1) is 11.3 Å². The number of nitrogens with one attached hydrogen (secondary N) is 1. The van der Waals surface area contributed by atoms with Crippen molar-refractivity contribution in [2.24, 2.45) is 0 Å². The zero-order valence-corrected chi connectivity index (χ0v) is 14.7. The molecule has 4 rings (SSSR count). The summed E-state index contributed by atoms with van der Waals surface area (Å²) in [4.78, 5) is 33.8. The van der Waals surface area contributed by atoms with Crippen molar-refractivity contribution in [2.75, 3.05) is 5.32 Å². The van der Waals surface area contributed by atoms with Crippen molar-refractivity contribution in [2.45, 2.75) is 6.54 Å². The Morgan fingerprint density at radius 1 is 1.15 bits per heavy atom. The molecule has 6 nitrogen and oxygen atoms in total. The summed E-state index contributed by atoms with van der Waals surface area (Å²) in [5.74, 6) is -0.992. The molecule has 0 saturated heterocycles. The normalized spacial score (nSPS) is 10.9. The number of aromatic nitrogens is 3. The van der Waals surface area contributed by atoms with Crippen LogP contribution in [0.15, 0.2) is 65.0 Å². The van der Waals surface area contributed by atoms with Gasteiger partial charge in [-0.1, -0.05) is 18.2 Å². The molecule has 0 aliphatic heterocycles. The molecule has 0 spiro atoms. The van der Waals surface area contributed by atoms with Gasteiger partial charge in [-0.05, 0) is 24.3 Å². The van der Waals surface area contributed by atoms with Crippen molar-refractivity contribution in [1.82, 2.24) is 14.5 Å². The Morgan fingerprint density at radius 2 is 2.00 bits per heavy atom. The predicted octanol–water partition coefficient (Wildman–Crippen LogP) is 3.29. The minimum Gasteiger partial charge on any atom is -0.298 e. The number of halogens is 1. The van der Waals surface area contributed by atoms with Crippen LogP contribution in [0.3, 0.4) is 0 Å². The van der Waals surface area contributed by atoms with Gasteiger partial charge in [0.15, 0.2) is 5.13 Å². The lowest BCUT2D eigenvalue weighted by atomic mass is 10.1. The van der Waals surface area contributed by atoms with Gasteiger partial charge in [0.2, 0.25) is 0 Å². The first-order valence-corrected chi connectivity index (χ1v) is 8.94. The van der Waals surface area contributed by atoms with Crippen LogP contribution in [-0.2, 0) is 6.54 Å². The van der Waals surface area contributed by atoms with Crippen molar-refractivity contribution < 1.29 is 9.18 Å². The third-order valence-corrected chi connectivity index (χ3v) is 4.72. The molecule has 27 heavy (non-hydrogen) atoms. The third kappa shape index (κ3) is 3.34. The Balaban J connectivity index is 1.84. The fourth-order valence-electron chi connectivity index (χ4n) is 2.76. The predicted molar refractivity (Wildman–Crippen MR) is 102 cm³/mol. The summed E-state index contributed by atoms with van der Waals surface area (Å²) in [6.45, 7) is -0.0304. The van der Waals surface area contributed by atoms with E-state index in [2.05, 4.69) is 15.3 Å². The Hall–Kier alpha value is -3.39. The maximum absolute atomic E-state index is 14.1. The van der Waals surface area contributed by atoms with Gasteiger partial charge >= 0.3 is 0 Å². The standard InChI is InChI=1S/C19H13FN4O2S/c20-15-6-2-1-4-13(15)11-24-16-12(5-3-7-21-16)10-14(18(24)26)17(25)23-19-22-8-9-27-19/h1-10H,11H2,(H,22,23,25). The summed E-state index contributed by atoms with van der Waals surface area (Å²) >= 11 is 1.25. The molecule has 4 aromatic rings. The van der Waals surface area contributed by atoms with Crippen molar-refractivity contribution >= 4 is 33.4 Å². The van der Waals surface area contributed by atoms with E-state index in [-0.39, 0.29) is 12.1 Å². The van der Waals surface area contributed by atoms with Crippen molar-refractivity contribution in [3.63, 3.8) is 0 Å². The zero-order valence-electron chi connectivity index (χ0n) is 13.9. The number of nitrogens with zero attached hydrogens (tertiary/aromatic N) is 3. The smallest absolute Gasteiger partial charge is 0.265 e. The molecule has 1 N–H and O–H groups in total. The van der Waals surface area contributed by atoms with Gasteiger partial charge in [0.1, 0.15) is 17.0 Å². The second-order valence-corrected chi connectivity index (χ2v) is 6.64. The van der Waals surface area contributed by atoms with E-state index in [9.17, 15) is 14.0 Å². The quantitative estimate of drug-likeness (QED) is 0.589. The van der Waals surface area contributed by atoms with E-state index in [1.165, 1.54) is 28.0 Å². The first kappa shape index (κ1) is 17.0. The molecule has 3 aromatic heterocycles. The number of carbonyl (C=O) groups is 1. The van der Waals surface area contributed by atoms with Crippen LogP contribution in [-0.4, -0.2) is 20.4 Å². The number of thiazole rings is 1. The van der Waals surface area contributed by atoms with Crippen LogP contribution in [0.1, 0.15) is 15.9 Å². The highest BCUT2D eigenvalue weighted by atomic mass is 32.1. The summed E-state index contributed by atoms with van der Waals surface area (Å²) in [6, 6.07) is 11.1. The summed E-state index contributed by atoms with van der Waals surface area (Å²) in [6.07, 6.45) is 3.11. The molecule has 0 atom stereocenters. The monoisotopic (exact) mass is 380 g/mol.